The van der Waals surface area contributed by atoms with Gasteiger partial charge in [0.05, 0.1) is 22.6 Å². The van der Waals surface area contributed by atoms with Gasteiger partial charge in [0.15, 0.2) is 5.69 Å². The van der Waals surface area contributed by atoms with Gasteiger partial charge in [0.25, 0.3) is 11.6 Å². The molecular formula is C17H18N4O5. The third-order valence-electron chi connectivity index (χ3n) is 4.56. The number of nitrogens with one attached hydrogen (secondary N) is 1. The summed E-state index contributed by atoms with van der Waals surface area (Å²) in [6, 6.07) is 7.41. The Morgan fingerprint density at radius 1 is 1.31 bits per heavy atom. The fourth-order valence-corrected chi connectivity index (χ4v) is 3.33. The first kappa shape index (κ1) is 17.6. The largest absolute Gasteiger partial charge is 0.481 e. The van der Waals surface area contributed by atoms with E-state index < -0.39 is 22.3 Å². The molecule has 1 aromatic heterocycles. The zero-order valence-electron chi connectivity index (χ0n) is 13.9. The number of carboxylic acids is 1. The maximum atomic E-state index is 12.5. The Kier molecular flexibility index (Phi) is 4.70. The molecule has 0 aliphatic heterocycles. The SMILES string of the molecule is O=C(O)CC1(NC(=O)c2ccn(-c3cccc([N+](=O)[O-])c3)n2)CCCC1. The summed E-state index contributed by atoms with van der Waals surface area (Å²) in [4.78, 5) is 34.0. The first-order valence-corrected chi connectivity index (χ1v) is 8.23. The molecule has 0 unspecified atom stereocenters. The lowest BCUT2D eigenvalue weighted by atomic mass is 9.93. The minimum Gasteiger partial charge on any atom is -0.481 e. The molecule has 9 nitrogen and oxygen atoms in total. The standard InChI is InChI=1S/C17H18N4O5/c22-15(23)11-17(7-1-2-8-17)18-16(24)14-6-9-20(19-14)12-4-3-5-13(10-12)21(25)26/h3-6,9-10H,1-2,7-8,11H2,(H,18,24)(H,22,23). The topological polar surface area (TPSA) is 127 Å². The van der Waals surface area contributed by atoms with Crippen molar-refractivity contribution in [3.05, 3.63) is 52.3 Å². The molecule has 1 saturated carbocycles. The zero-order valence-corrected chi connectivity index (χ0v) is 13.9. The molecule has 1 amide bonds. The van der Waals surface area contributed by atoms with Crippen LogP contribution in [0, 0.1) is 10.1 Å². The predicted octanol–water partition coefficient (Wildman–Crippen LogP) is 2.30. The maximum absolute atomic E-state index is 12.5. The van der Waals surface area contributed by atoms with Gasteiger partial charge < -0.3 is 10.4 Å². The van der Waals surface area contributed by atoms with Crippen molar-refractivity contribution >= 4 is 17.6 Å². The number of nitrogens with zero attached hydrogens (tertiary/aromatic N) is 3. The molecule has 2 aromatic rings. The second-order valence-corrected chi connectivity index (χ2v) is 6.43. The van der Waals surface area contributed by atoms with Crippen molar-refractivity contribution < 1.29 is 19.6 Å². The van der Waals surface area contributed by atoms with Gasteiger partial charge in [-0.3, -0.25) is 19.7 Å². The molecule has 2 N–H and O–H groups in total. The summed E-state index contributed by atoms with van der Waals surface area (Å²) in [5.41, 5.74) is -0.221. The van der Waals surface area contributed by atoms with Gasteiger partial charge in [-0.25, -0.2) is 4.68 Å². The molecule has 0 spiro atoms. The Hall–Kier alpha value is -3.23. The number of hydrogen-bond acceptors (Lipinski definition) is 5. The van der Waals surface area contributed by atoms with E-state index in [-0.39, 0.29) is 17.8 Å². The van der Waals surface area contributed by atoms with Crippen molar-refractivity contribution in [3.63, 3.8) is 0 Å². The van der Waals surface area contributed by atoms with Crippen LogP contribution in [0.3, 0.4) is 0 Å². The minimum atomic E-state index is -0.950. The van der Waals surface area contributed by atoms with E-state index >= 15 is 0 Å². The van der Waals surface area contributed by atoms with Crippen LogP contribution in [0.4, 0.5) is 5.69 Å². The first-order chi connectivity index (χ1) is 12.4. The number of amides is 1. The van der Waals surface area contributed by atoms with Crippen LogP contribution in [-0.2, 0) is 4.79 Å². The highest BCUT2D eigenvalue weighted by molar-refractivity contribution is 5.93. The maximum Gasteiger partial charge on any atom is 0.305 e. The van der Waals surface area contributed by atoms with Gasteiger partial charge in [-0.1, -0.05) is 18.9 Å². The third-order valence-corrected chi connectivity index (χ3v) is 4.56. The van der Waals surface area contributed by atoms with E-state index in [0.717, 1.165) is 12.8 Å². The lowest BCUT2D eigenvalue weighted by Crippen LogP contribution is -2.48. The quantitative estimate of drug-likeness (QED) is 0.602. The highest BCUT2D eigenvalue weighted by Crippen LogP contribution is 2.33. The highest BCUT2D eigenvalue weighted by Gasteiger charge is 2.38. The molecule has 3 rings (SSSR count). The van der Waals surface area contributed by atoms with Crippen molar-refractivity contribution in [2.24, 2.45) is 0 Å². The van der Waals surface area contributed by atoms with E-state index in [1.807, 2.05) is 0 Å². The van der Waals surface area contributed by atoms with Gasteiger partial charge in [-0.2, -0.15) is 5.10 Å². The first-order valence-electron chi connectivity index (χ1n) is 8.23. The molecule has 1 aliphatic rings. The highest BCUT2D eigenvalue weighted by atomic mass is 16.6. The Balaban J connectivity index is 1.79. The molecule has 9 heteroatoms. The van der Waals surface area contributed by atoms with Gasteiger partial charge in [-0.15, -0.1) is 0 Å². The average molecular weight is 358 g/mol. The minimum absolute atomic E-state index is 0.0737. The number of carboxylic acid groups (broad SMARTS) is 1. The summed E-state index contributed by atoms with van der Waals surface area (Å²) in [6.07, 6.45) is 4.40. The fourth-order valence-electron chi connectivity index (χ4n) is 3.33. The summed E-state index contributed by atoms with van der Waals surface area (Å²) < 4.78 is 1.38. The van der Waals surface area contributed by atoms with E-state index in [1.165, 1.54) is 35.1 Å². The number of nitro groups is 1. The molecule has 0 saturated heterocycles. The summed E-state index contributed by atoms with van der Waals surface area (Å²) in [5.74, 6) is -1.40. The van der Waals surface area contributed by atoms with Crippen LogP contribution in [0.15, 0.2) is 36.5 Å². The molecular weight excluding hydrogens is 340 g/mol. The average Bonchev–Trinajstić information content (AvgIpc) is 3.24. The number of carbonyl (C=O) groups excluding carboxylic acids is 1. The number of benzene rings is 1. The van der Waals surface area contributed by atoms with Gasteiger partial charge in [0.1, 0.15) is 0 Å². The van der Waals surface area contributed by atoms with Crippen LogP contribution in [0.1, 0.15) is 42.6 Å². The lowest BCUT2D eigenvalue weighted by molar-refractivity contribution is -0.384. The second-order valence-electron chi connectivity index (χ2n) is 6.43. The van der Waals surface area contributed by atoms with Gasteiger partial charge in [0.2, 0.25) is 0 Å². The van der Waals surface area contributed by atoms with Gasteiger partial charge >= 0.3 is 5.97 Å². The molecule has 26 heavy (non-hydrogen) atoms. The molecule has 1 aliphatic carbocycles. The van der Waals surface area contributed by atoms with Crippen molar-refractivity contribution in [2.45, 2.75) is 37.6 Å². The Morgan fingerprint density at radius 2 is 2.04 bits per heavy atom. The summed E-state index contributed by atoms with van der Waals surface area (Å²) in [7, 11) is 0. The number of aliphatic carboxylic acids is 1. The Labute approximate surface area is 148 Å². The van der Waals surface area contributed by atoms with Crippen molar-refractivity contribution in [1.29, 1.82) is 0 Å². The van der Waals surface area contributed by atoms with E-state index in [2.05, 4.69) is 10.4 Å². The van der Waals surface area contributed by atoms with Gasteiger partial charge in [0, 0.05) is 18.3 Å². The number of nitro benzene ring substituents is 1. The number of aromatic nitrogens is 2. The molecule has 0 radical (unpaired) electrons. The molecule has 136 valence electrons. The monoisotopic (exact) mass is 358 g/mol. The molecule has 1 heterocycles. The van der Waals surface area contributed by atoms with E-state index in [1.54, 1.807) is 6.07 Å². The number of carbonyl (C=O) groups is 2. The van der Waals surface area contributed by atoms with Crippen LogP contribution in [0.5, 0.6) is 0 Å². The van der Waals surface area contributed by atoms with Crippen molar-refractivity contribution in [1.82, 2.24) is 15.1 Å². The van der Waals surface area contributed by atoms with Crippen LogP contribution < -0.4 is 5.32 Å². The molecule has 0 atom stereocenters. The van der Waals surface area contributed by atoms with E-state index in [0.29, 0.717) is 18.5 Å². The Bertz CT molecular complexity index is 854. The second kappa shape index (κ2) is 6.95. The number of hydrogen-bond donors (Lipinski definition) is 2. The Morgan fingerprint density at radius 3 is 2.69 bits per heavy atom. The van der Waals surface area contributed by atoms with Gasteiger partial charge in [-0.05, 0) is 25.0 Å². The number of rotatable bonds is 6. The summed E-state index contributed by atoms with van der Waals surface area (Å²) >= 11 is 0. The summed E-state index contributed by atoms with van der Waals surface area (Å²) in [6.45, 7) is 0. The van der Waals surface area contributed by atoms with Crippen LogP contribution in [0.25, 0.3) is 5.69 Å². The zero-order chi connectivity index (χ0) is 18.7. The smallest absolute Gasteiger partial charge is 0.305 e. The molecule has 1 aromatic carbocycles. The normalized spacial score (nSPS) is 15.5. The van der Waals surface area contributed by atoms with E-state index in [9.17, 15) is 19.7 Å². The summed E-state index contributed by atoms with van der Waals surface area (Å²) in [5, 5.41) is 27.0. The fraction of sp³-hybridized carbons (Fsp3) is 0.353. The van der Waals surface area contributed by atoms with Crippen LogP contribution >= 0.6 is 0 Å². The lowest BCUT2D eigenvalue weighted by Gasteiger charge is -2.28. The molecule has 0 bridgehead atoms. The van der Waals surface area contributed by atoms with Crippen LogP contribution in [0.2, 0.25) is 0 Å². The van der Waals surface area contributed by atoms with Crippen molar-refractivity contribution in [3.8, 4) is 5.69 Å². The van der Waals surface area contributed by atoms with Crippen LogP contribution in [-0.4, -0.2) is 37.2 Å². The molecule has 1 fully saturated rings. The van der Waals surface area contributed by atoms with Crippen molar-refractivity contribution in [2.75, 3.05) is 0 Å². The van der Waals surface area contributed by atoms with E-state index in [4.69, 9.17) is 5.11 Å². The predicted molar refractivity (Wildman–Crippen MR) is 91.1 cm³/mol. The number of non-ortho nitro benzene ring substituents is 1. The third kappa shape index (κ3) is 3.71.